The lowest BCUT2D eigenvalue weighted by atomic mass is 10.1. The van der Waals surface area contributed by atoms with Crippen molar-refractivity contribution in [3.8, 4) is 5.75 Å². The Balaban J connectivity index is 1.85. The average Bonchev–Trinajstić information content (AvgIpc) is 2.53. The van der Waals surface area contributed by atoms with Crippen LogP contribution in [0.3, 0.4) is 0 Å². The predicted molar refractivity (Wildman–Crippen MR) is 84.9 cm³/mol. The number of benzene rings is 2. The third kappa shape index (κ3) is 4.62. The molecule has 2 aromatic rings. The van der Waals surface area contributed by atoms with Crippen LogP contribution in [0.1, 0.15) is 28.4 Å². The minimum atomic E-state index is -0.699. The summed E-state index contributed by atoms with van der Waals surface area (Å²) in [6.45, 7) is 2.77. The summed E-state index contributed by atoms with van der Waals surface area (Å²) in [6, 6.07) is 8.48. The number of carbonyl (C=O) groups excluding carboxylic acids is 2. The molecule has 0 saturated carbocycles. The molecule has 24 heavy (non-hydrogen) atoms. The molecule has 0 aromatic heterocycles. The van der Waals surface area contributed by atoms with Gasteiger partial charge >= 0.3 is 0 Å². The van der Waals surface area contributed by atoms with Crippen LogP contribution in [0.25, 0.3) is 0 Å². The van der Waals surface area contributed by atoms with Crippen molar-refractivity contribution in [1.82, 2.24) is 5.32 Å². The van der Waals surface area contributed by atoms with Gasteiger partial charge < -0.3 is 10.1 Å². The number of amides is 1. The number of halogens is 2. The highest BCUT2D eigenvalue weighted by atomic mass is 19.1. The van der Waals surface area contributed by atoms with Crippen molar-refractivity contribution in [2.24, 2.45) is 0 Å². The zero-order valence-corrected chi connectivity index (χ0v) is 13.4. The normalized spacial score (nSPS) is 10.3. The van der Waals surface area contributed by atoms with Gasteiger partial charge in [-0.25, -0.2) is 8.78 Å². The molecule has 0 saturated heterocycles. The molecule has 0 aliphatic heterocycles. The zero-order valence-electron chi connectivity index (χ0n) is 13.4. The number of ketones is 1. The average molecular weight is 333 g/mol. The molecule has 0 fully saturated rings. The van der Waals surface area contributed by atoms with Crippen molar-refractivity contribution in [2.75, 3.05) is 6.61 Å². The molecular weight excluding hydrogens is 316 g/mol. The Bertz CT molecular complexity index is 775. The second-order valence-electron chi connectivity index (χ2n) is 5.35. The van der Waals surface area contributed by atoms with E-state index in [9.17, 15) is 18.4 Å². The molecule has 1 amide bonds. The van der Waals surface area contributed by atoms with Crippen LogP contribution in [0.5, 0.6) is 5.75 Å². The van der Waals surface area contributed by atoms with Gasteiger partial charge in [0, 0.05) is 12.6 Å². The van der Waals surface area contributed by atoms with E-state index in [0.29, 0.717) is 11.1 Å². The number of nitrogens with one attached hydrogen (secondary N) is 1. The quantitative estimate of drug-likeness (QED) is 0.826. The second kappa shape index (κ2) is 7.68. The predicted octanol–water partition coefficient (Wildman–Crippen LogP) is 3.17. The minimum absolute atomic E-state index is 0.0341. The van der Waals surface area contributed by atoms with Crippen LogP contribution in [0.4, 0.5) is 8.78 Å². The van der Waals surface area contributed by atoms with Crippen LogP contribution in [0.2, 0.25) is 0 Å². The monoisotopic (exact) mass is 333 g/mol. The van der Waals surface area contributed by atoms with Gasteiger partial charge in [-0.3, -0.25) is 9.59 Å². The van der Waals surface area contributed by atoms with Gasteiger partial charge in [-0.05, 0) is 43.2 Å². The molecule has 1 N–H and O–H groups in total. The van der Waals surface area contributed by atoms with E-state index in [0.717, 1.165) is 6.07 Å². The molecule has 0 atom stereocenters. The van der Waals surface area contributed by atoms with Crippen molar-refractivity contribution < 1.29 is 23.1 Å². The lowest BCUT2D eigenvalue weighted by molar-refractivity contribution is -0.123. The molecule has 0 unspecified atom stereocenters. The summed E-state index contributed by atoms with van der Waals surface area (Å²) >= 11 is 0. The zero-order chi connectivity index (χ0) is 17.7. The maximum absolute atomic E-state index is 13.6. The lowest BCUT2D eigenvalue weighted by Gasteiger charge is -2.09. The third-order valence-corrected chi connectivity index (χ3v) is 3.42. The summed E-state index contributed by atoms with van der Waals surface area (Å²) in [5.74, 6) is -1.70. The largest absolute Gasteiger partial charge is 0.484 e. The summed E-state index contributed by atoms with van der Waals surface area (Å²) in [4.78, 5) is 22.9. The fraction of sp³-hybridized carbons (Fsp3) is 0.222. The summed E-state index contributed by atoms with van der Waals surface area (Å²) in [5.41, 5.74) is 1.13. The van der Waals surface area contributed by atoms with Crippen molar-refractivity contribution in [3.05, 3.63) is 64.7 Å². The van der Waals surface area contributed by atoms with E-state index in [1.54, 1.807) is 19.1 Å². The maximum atomic E-state index is 13.6. The molecule has 4 nitrogen and oxygen atoms in total. The van der Waals surface area contributed by atoms with Crippen LogP contribution < -0.4 is 10.1 Å². The van der Waals surface area contributed by atoms with Crippen molar-refractivity contribution in [2.45, 2.75) is 20.4 Å². The standard InChI is InChI=1S/C18H17F2NO3/c1-11-3-4-13(7-16(11)19)9-21-18(23)10-24-14-5-6-15(12(2)22)17(20)8-14/h3-8H,9-10H2,1-2H3,(H,21,23). The number of hydrogen-bond donors (Lipinski definition) is 1. The van der Waals surface area contributed by atoms with Crippen molar-refractivity contribution in [1.29, 1.82) is 0 Å². The summed E-state index contributed by atoms with van der Waals surface area (Å²) in [5, 5.41) is 2.58. The van der Waals surface area contributed by atoms with E-state index in [-0.39, 0.29) is 36.1 Å². The first-order valence-electron chi connectivity index (χ1n) is 7.32. The van der Waals surface area contributed by atoms with E-state index < -0.39 is 11.7 Å². The fourth-order valence-corrected chi connectivity index (χ4v) is 2.02. The van der Waals surface area contributed by atoms with E-state index in [1.807, 2.05) is 0 Å². The number of hydrogen-bond acceptors (Lipinski definition) is 3. The van der Waals surface area contributed by atoms with Crippen LogP contribution in [-0.4, -0.2) is 18.3 Å². The summed E-state index contributed by atoms with van der Waals surface area (Å²) in [6.07, 6.45) is 0. The smallest absolute Gasteiger partial charge is 0.258 e. The Labute approximate surface area is 138 Å². The SMILES string of the molecule is CC(=O)c1ccc(OCC(=O)NCc2ccc(C)c(F)c2)cc1F. The number of rotatable bonds is 6. The molecule has 2 aromatic carbocycles. The van der Waals surface area contributed by atoms with Crippen LogP contribution in [0.15, 0.2) is 36.4 Å². The van der Waals surface area contributed by atoms with Gasteiger partial charge in [0.15, 0.2) is 12.4 Å². The molecule has 0 heterocycles. The van der Waals surface area contributed by atoms with Gasteiger partial charge in [0.1, 0.15) is 17.4 Å². The van der Waals surface area contributed by atoms with E-state index >= 15 is 0 Å². The lowest BCUT2D eigenvalue weighted by Crippen LogP contribution is -2.28. The summed E-state index contributed by atoms with van der Waals surface area (Å²) < 4.78 is 32.2. The first-order valence-corrected chi connectivity index (χ1v) is 7.32. The Morgan fingerprint density at radius 1 is 1.08 bits per heavy atom. The number of carbonyl (C=O) groups is 2. The van der Waals surface area contributed by atoms with Crippen LogP contribution >= 0.6 is 0 Å². The van der Waals surface area contributed by atoms with E-state index in [4.69, 9.17) is 4.74 Å². The van der Waals surface area contributed by atoms with E-state index in [2.05, 4.69) is 5.32 Å². The van der Waals surface area contributed by atoms with Crippen LogP contribution in [-0.2, 0) is 11.3 Å². The molecular formula is C18H17F2NO3. The highest BCUT2D eigenvalue weighted by molar-refractivity contribution is 5.94. The highest BCUT2D eigenvalue weighted by Gasteiger charge is 2.09. The Morgan fingerprint density at radius 2 is 1.83 bits per heavy atom. The number of aryl methyl sites for hydroxylation is 1. The highest BCUT2D eigenvalue weighted by Crippen LogP contribution is 2.17. The van der Waals surface area contributed by atoms with Gasteiger partial charge in [-0.2, -0.15) is 0 Å². The Morgan fingerprint density at radius 3 is 2.46 bits per heavy atom. The van der Waals surface area contributed by atoms with Gasteiger partial charge in [0.2, 0.25) is 0 Å². The molecule has 0 aliphatic rings. The number of ether oxygens (including phenoxy) is 1. The number of Topliss-reactive ketones (excluding diaryl/α,β-unsaturated/α-hetero) is 1. The first kappa shape index (κ1) is 17.6. The van der Waals surface area contributed by atoms with Crippen molar-refractivity contribution in [3.63, 3.8) is 0 Å². The fourth-order valence-electron chi connectivity index (χ4n) is 2.02. The first-order chi connectivity index (χ1) is 11.4. The van der Waals surface area contributed by atoms with Crippen LogP contribution in [0, 0.1) is 18.6 Å². The summed E-state index contributed by atoms with van der Waals surface area (Å²) in [7, 11) is 0. The van der Waals surface area contributed by atoms with Crippen molar-refractivity contribution >= 4 is 11.7 Å². The molecule has 0 aliphatic carbocycles. The Kier molecular flexibility index (Phi) is 5.63. The maximum Gasteiger partial charge on any atom is 0.258 e. The molecule has 0 spiro atoms. The molecule has 126 valence electrons. The topological polar surface area (TPSA) is 55.4 Å². The van der Waals surface area contributed by atoms with Gasteiger partial charge in [0.25, 0.3) is 5.91 Å². The molecule has 0 bridgehead atoms. The third-order valence-electron chi connectivity index (χ3n) is 3.42. The molecule has 2 rings (SSSR count). The minimum Gasteiger partial charge on any atom is -0.484 e. The molecule has 0 radical (unpaired) electrons. The van der Waals surface area contributed by atoms with Gasteiger partial charge in [0.05, 0.1) is 5.56 Å². The van der Waals surface area contributed by atoms with Gasteiger partial charge in [-0.1, -0.05) is 12.1 Å². The van der Waals surface area contributed by atoms with Gasteiger partial charge in [-0.15, -0.1) is 0 Å². The van der Waals surface area contributed by atoms with E-state index in [1.165, 1.54) is 25.1 Å². The molecule has 6 heteroatoms. The Hall–Kier alpha value is -2.76. The second-order valence-corrected chi connectivity index (χ2v) is 5.35.